The molecule has 0 unspecified atom stereocenters. The van der Waals surface area contributed by atoms with Gasteiger partial charge in [0, 0.05) is 0 Å². The Morgan fingerprint density at radius 1 is 0.750 bits per heavy atom. The molecule has 72 valence electrons. The van der Waals surface area contributed by atoms with Crippen molar-refractivity contribution in [3.8, 4) is 0 Å². The molecule has 4 aromatic rings. The van der Waals surface area contributed by atoms with Crippen LogP contribution >= 0.6 is 0 Å². The first-order valence-electron chi connectivity index (χ1n) is 5.41. The molecular weight excluding hydrogens is 193 g/mol. The van der Waals surface area contributed by atoms with Crippen LogP contribution in [0.4, 0.5) is 0 Å². The molecule has 16 heavy (non-hydrogen) atoms. The molecule has 0 aliphatic rings. The van der Waals surface area contributed by atoms with Crippen molar-refractivity contribution in [2.75, 3.05) is 0 Å². The second-order valence-corrected chi connectivity index (χ2v) is 4.17. The van der Waals surface area contributed by atoms with E-state index in [2.05, 4.69) is 47.4 Å². The summed E-state index contributed by atoms with van der Waals surface area (Å²) in [6.07, 6.45) is 1.94. The maximum absolute atomic E-state index is 4.27. The van der Waals surface area contributed by atoms with Crippen molar-refractivity contribution in [2.45, 2.75) is 0 Å². The zero-order valence-electron chi connectivity index (χ0n) is 8.64. The van der Waals surface area contributed by atoms with Crippen LogP contribution in [0.5, 0.6) is 0 Å². The maximum atomic E-state index is 4.27. The molecule has 4 rings (SSSR count). The van der Waals surface area contributed by atoms with Crippen LogP contribution in [0.1, 0.15) is 0 Å². The Bertz CT molecular complexity index is 677. The normalized spacial score (nSPS) is 11.5. The number of hydrogen-bond donors (Lipinski definition) is 0. The molecule has 0 amide bonds. The third kappa shape index (κ3) is 0.916. The van der Waals surface area contributed by atoms with Gasteiger partial charge in [0.15, 0.2) is 0 Å². The van der Waals surface area contributed by atoms with Crippen LogP contribution in [0, 0.1) is 0 Å². The van der Waals surface area contributed by atoms with Crippen molar-refractivity contribution in [3.05, 3.63) is 48.7 Å². The van der Waals surface area contributed by atoms with Crippen molar-refractivity contribution >= 4 is 39.3 Å². The monoisotopic (exact) mass is 201 g/mol. The first-order chi connectivity index (χ1) is 7.93. The fourth-order valence-corrected chi connectivity index (χ4v) is 2.55. The number of rotatable bonds is 0. The van der Waals surface area contributed by atoms with Crippen molar-refractivity contribution in [3.63, 3.8) is 0 Å². The van der Waals surface area contributed by atoms with Crippen molar-refractivity contribution in [2.24, 2.45) is 0 Å². The summed E-state index contributed by atoms with van der Waals surface area (Å²) in [5.74, 6) is 0. The van der Waals surface area contributed by atoms with E-state index >= 15 is 0 Å². The quantitative estimate of drug-likeness (QED) is 0.397. The predicted octanol–water partition coefficient (Wildman–Crippen LogP) is 3.32. The van der Waals surface area contributed by atoms with Gasteiger partial charge in [-0.3, -0.25) is 0 Å². The Morgan fingerprint density at radius 3 is 2.38 bits per heavy atom. The number of benzene rings is 3. The summed E-state index contributed by atoms with van der Waals surface area (Å²) in [4.78, 5) is 4.27. The summed E-state index contributed by atoms with van der Waals surface area (Å²) in [7, 11) is 1.94. The summed E-state index contributed by atoms with van der Waals surface area (Å²) in [5, 5.41) is 7.76. The van der Waals surface area contributed by atoms with E-state index in [-0.39, 0.29) is 0 Å². The predicted molar refractivity (Wildman–Crippen MR) is 69.3 cm³/mol. The Hall–Kier alpha value is -1.96. The molecule has 0 spiro atoms. The molecule has 0 saturated heterocycles. The van der Waals surface area contributed by atoms with Gasteiger partial charge in [-0.15, -0.1) is 0 Å². The Kier molecular flexibility index (Phi) is 1.43. The number of nitrogens with zero attached hydrogens (tertiary/aromatic N) is 1. The van der Waals surface area contributed by atoms with E-state index in [0.29, 0.717) is 0 Å². The second kappa shape index (κ2) is 2.79. The van der Waals surface area contributed by atoms with E-state index in [4.69, 9.17) is 0 Å². The van der Waals surface area contributed by atoms with Gasteiger partial charge in [-0.05, 0) is 0 Å². The zero-order chi connectivity index (χ0) is 10.5. The fourth-order valence-electron chi connectivity index (χ4n) is 2.55. The van der Waals surface area contributed by atoms with Crippen LogP contribution in [0.3, 0.4) is 0 Å². The van der Waals surface area contributed by atoms with Crippen molar-refractivity contribution in [1.29, 1.82) is 0 Å². The number of hydrogen-bond acceptors (Lipinski definition) is 1. The van der Waals surface area contributed by atoms with Gasteiger partial charge in [0.2, 0.25) is 0 Å². The second-order valence-electron chi connectivity index (χ2n) is 4.17. The fraction of sp³-hybridized carbons (Fsp3) is 0. The molecule has 0 bridgehead atoms. The van der Waals surface area contributed by atoms with Gasteiger partial charge < -0.3 is 0 Å². The van der Waals surface area contributed by atoms with E-state index in [1.807, 2.05) is 13.2 Å². The molecule has 1 nitrogen and oxygen atoms in total. The topological polar surface area (TPSA) is 12.9 Å². The Balaban J connectivity index is 2.51. The van der Waals surface area contributed by atoms with Gasteiger partial charge in [0.1, 0.15) is 0 Å². The van der Waals surface area contributed by atoms with Crippen LogP contribution in [0.2, 0.25) is 0 Å². The third-order valence-corrected chi connectivity index (χ3v) is 3.27. The average Bonchev–Trinajstić information content (AvgIpc) is 2.36. The summed E-state index contributed by atoms with van der Waals surface area (Å²) in [5.41, 5.74) is 0. The SMILES string of the molecule is b1ncc2ccc3cccc4ccc1c2c43. The van der Waals surface area contributed by atoms with Crippen molar-refractivity contribution < 1.29 is 0 Å². The number of aromatic nitrogens is 1. The van der Waals surface area contributed by atoms with Crippen LogP contribution in [-0.2, 0) is 0 Å². The van der Waals surface area contributed by atoms with Gasteiger partial charge in [0.05, 0.1) is 0 Å². The molecule has 1 aromatic heterocycles. The van der Waals surface area contributed by atoms with E-state index in [1.54, 1.807) is 0 Å². The molecule has 0 fully saturated rings. The van der Waals surface area contributed by atoms with Crippen LogP contribution in [0.25, 0.3) is 32.2 Å². The van der Waals surface area contributed by atoms with Gasteiger partial charge in [-0.25, -0.2) is 0 Å². The van der Waals surface area contributed by atoms with Gasteiger partial charge >= 0.3 is 92.8 Å². The molecule has 0 atom stereocenters. The molecule has 0 aliphatic heterocycles. The molecule has 0 radical (unpaired) electrons. The minimum atomic E-state index is 1.22. The Labute approximate surface area is 93.3 Å². The average molecular weight is 201 g/mol. The molecule has 0 N–H and O–H groups in total. The molecule has 1 heterocycles. The summed E-state index contributed by atoms with van der Waals surface area (Å²) < 4.78 is 0. The van der Waals surface area contributed by atoms with E-state index < -0.39 is 0 Å². The summed E-state index contributed by atoms with van der Waals surface area (Å²) in [6, 6.07) is 15.1. The first-order valence-corrected chi connectivity index (χ1v) is 5.41. The van der Waals surface area contributed by atoms with E-state index in [0.717, 1.165) is 0 Å². The minimum absolute atomic E-state index is 1.22. The first kappa shape index (κ1) is 8.23. The van der Waals surface area contributed by atoms with Gasteiger partial charge in [0.25, 0.3) is 0 Å². The molecule has 2 heteroatoms. The van der Waals surface area contributed by atoms with Crippen LogP contribution in [0.15, 0.2) is 48.7 Å². The Morgan fingerprint density at radius 2 is 1.50 bits per heavy atom. The van der Waals surface area contributed by atoms with E-state index in [1.165, 1.54) is 32.2 Å². The van der Waals surface area contributed by atoms with Crippen LogP contribution < -0.4 is 0 Å². The summed E-state index contributed by atoms with van der Waals surface area (Å²) in [6.45, 7) is 0. The molecule has 0 aliphatic carbocycles. The standard InChI is InChI=1S/C14H8BN/c1-2-9-4-5-11-8-16-15-12-7-6-10(3-1)13(9)14(11)12/h1-8H. The molecule has 3 aromatic carbocycles. The zero-order valence-corrected chi connectivity index (χ0v) is 8.64. The molecule has 0 saturated carbocycles. The van der Waals surface area contributed by atoms with Crippen molar-refractivity contribution in [1.82, 2.24) is 4.89 Å². The van der Waals surface area contributed by atoms with Gasteiger partial charge in [-0.1, -0.05) is 0 Å². The van der Waals surface area contributed by atoms with E-state index in [9.17, 15) is 0 Å². The van der Waals surface area contributed by atoms with Gasteiger partial charge in [-0.2, -0.15) is 0 Å². The molecular formula is C14H8BN. The third-order valence-electron chi connectivity index (χ3n) is 3.27. The summed E-state index contributed by atoms with van der Waals surface area (Å²) >= 11 is 0. The van der Waals surface area contributed by atoms with Crippen LogP contribution in [-0.4, -0.2) is 11.9 Å².